The molecule has 0 spiro atoms. The number of hydrogen-bond donors (Lipinski definition) is 0. The van der Waals surface area contributed by atoms with Crippen LogP contribution in [0.4, 0.5) is 0 Å². The van der Waals surface area contributed by atoms with Gasteiger partial charge in [-0.1, -0.05) is 6.07 Å². The van der Waals surface area contributed by atoms with E-state index >= 15 is 0 Å². The zero-order chi connectivity index (χ0) is 8.39. The lowest BCUT2D eigenvalue weighted by molar-refractivity contribution is 0.961. The third-order valence-corrected chi connectivity index (χ3v) is 1.80. The molecule has 0 aromatic carbocycles. The minimum absolute atomic E-state index is 0.646. The van der Waals surface area contributed by atoms with E-state index in [1.165, 1.54) is 0 Å². The second-order valence-corrected chi connectivity index (χ2v) is 2.58. The molecule has 0 aliphatic heterocycles. The molecule has 0 aliphatic carbocycles. The van der Waals surface area contributed by atoms with Gasteiger partial charge in [0.15, 0.2) is 0 Å². The lowest BCUT2D eigenvalue weighted by Gasteiger charge is -1.91. The van der Waals surface area contributed by atoms with Crippen LogP contribution in [0.5, 0.6) is 0 Å². The van der Waals surface area contributed by atoms with E-state index in [2.05, 4.69) is 11.0 Å². The highest BCUT2D eigenvalue weighted by molar-refractivity contribution is 5.54. The first-order valence-electron chi connectivity index (χ1n) is 3.76. The largest absolute Gasteiger partial charge is 0.241 e. The van der Waals surface area contributed by atoms with Gasteiger partial charge in [-0.05, 0) is 12.1 Å². The van der Waals surface area contributed by atoms with Gasteiger partial charge in [-0.3, -0.25) is 0 Å². The third-order valence-electron chi connectivity index (χ3n) is 1.80. The number of fused-ring (bicyclic) bond motifs is 1. The summed E-state index contributed by atoms with van der Waals surface area (Å²) < 4.78 is 1.83. The first-order valence-corrected chi connectivity index (χ1v) is 3.76. The number of hydrogen-bond acceptors (Lipinski definition) is 1. The van der Waals surface area contributed by atoms with Crippen LogP contribution in [-0.2, 0) is 6.42 Å². The van der Waals surface area contributed by atoms with Crippen molar-refractivity contribution >= 4 is 5.52 Å². The molecule has 2 rings (SSSR count). The Morgan fingerprint density at radius 3 is 3.25 bits per heavy atom. The highest BCUT2D eigenvalue weighted by Crippen LogP contribution is 2.09. The molecule has 0 N–H and O–H groups in total. The van der Waals surface area contributed by atoms with Crippen molar-refractivity contribution in [2.75, 3.05) is 0 Å². The molecule has 2 aromatic heterocycles. The Morgan fingerprint density at radius 2 is 2.42 bits per heavy atom. The van der Waals surface area contributed by atoms with E-state index < -0.39 is 0 Å². The fourth-order valence-corrected chi connectivity index (χ4v) is 1.23. The molecule has 0 atom stereocenters. The van der Waals surface area contributed by atoms with E-state index in [9.17, 15) is 0 Å². The van der Waals surface area contributed by atoms with Gasteiger partial charge in [0.1, 0.15) is 0 Å². The van der Waals surface area contributed by atoms with E-state index in [1.54, 1.807) is 0 Å². The van der Waals surface area contributed by atoms with Crippen LogP contribution in [0.15, 0.2) is 30.6 Å². The summed E-state index contributed by atoms with van der Waals surface area (Å²) in [4.78, 5) is 0. The molecule has 0 bridgehead atoms. The van der Waals surface area contributed by atoms with Crippen molar-refractivity contribution in [2.24, 2.45) is 0 Å². The summed E-state index contributed by atoms with van der Waals surface area (Å²) in [5.41, 5.74) is 2.20. The maximum absolute atomic E-state index is 5.22. The number of pyridine rings is 1. The van der Waals surface area contributed by atoms with Crippen molar-refractivity contribution in [1.29, 1.82) is 0 Å². The lowest BCUT2D eigenvalue weighted by Crippen LogP contribution is -1.84. The number of rotatable bonds is 1. The van der Waals surface area contributed by atoms with Crippen LogP contribution in [0.3, 0.4) is 0 Å². The molecule has 2 nitrogen and oxygen atoms in total. The summed E-state index contributed by atoms with van der Waals surface area (Å²) in [6.07, 6.45) is 9.60. The van der Waals surface area contributed by atoms with Gasteiger partial charge in [0.05, 0.1) is 11.7 Å². The Bertz CT molecular complexity index is 434. The molecule has 0 aliphatic rings. The van der Waals surface area contributed by atoms with Crippen molar-refractivity contribution < 1.29 is 0 Å². The second-order valence-electron chi connectivity index (χ2n) is 2.58. The molecular weight excluding hydrogens is 148 g/mol. The Balaban J connectivity index is 2.64. The SMILES string of the molecule is C#CCc1cnn2ccccc12. The van der Waals surface area contributed by atoms with Gasteiger partial charge in [0, 0.05) is 18.2 Å². The van der Waals surface area contributed by atoms with Crippen LogP contribution in [0.25, 0.3) is 5.52 Å². The van der Waals surface area contributed by atoms with Gasteiger partial charge in [0.2, 0.25) is 0 Å². The third kappa shape index (κ3) is 0.960. The summed E-state index contributed by atoms with van der Waals surface area (Å²) >= 11 is 0. The fraction of sp³-hybridized carbons (Fsp3) is 0.100. The monoisotopic (exact) mass is 156 g/mol. The fourth-order valence-electron chi connectivity index (χ4n) is 1.23. The summed E-state index contributed by atoms with van der Waals surface area (Å²) in [6, 6.07) is 5.94. The van der Waals surface area contributed by atoms with Crippen molar-refractivity contribution in [1.82, 2.24) is 9.61 Å². The van der Waals surface area contributed by atoms with Gasteiger partial charge in [-0.2, -0.15) is 5.10 Å². The lowest BCUT2D eigenvalue weighted by atomic mass is 10.2. The topological polar surface area (TPSA) is 17.3 Å². The molecule has 0 unspecified atom stereocenters. The van der Waals surface area contributed by atoms with E-state index in [4.69, 9.17) is 6.42 Å². The summed E-state index contributed by atoms with van der Waals surface area (Å²) in [7, 11) is 0. The molecule has 0 saturated heterocycles. The Hall–Kier alpha value is -1.75. The summed E-state index contributed by atoms with van der Waals surface area (Å²) in [5, 5.41) is 4.16. The van der Waals surface area contributed by atoms with Crippen LogP contribution in [0.2, 0.25) is 0 Å². The van der Waals surface area contributed by atoms with Crippen LogP contribution in [-0.4, -0.2) is 9.61 Å². The predicted molar refractivity (Wildman–Crippen MR) is 47.7 cm³/mol. The molecule has 12 heavy (non-hydrogen) atoms. The highest BCUT2D eigenvalue weighted by atomic mass is 15.2. The molecular formula is C10H8N2. The molecule has 0 radical (unpaired) electrons. The van der Waals surface area contributed by atoms with Gasteiger partial charge < -0.3 is 0 Å². The zero-order valence-corrected chi connectivity index (χ0v) is 6.57. The maximum Gasteiger partial charge on any atom is 0.0703 e. The molecule has 0 saturated carbocycles. The van der Waals surface area contributed by atoms with Crippen molar-refractivity contribution in [3.05, 3.63) is 36.2 Å². The van der Waals surface area contributed by atoms with Gasteiger partial charge in [0.25, 0.3) is 0 Å². The predicted octanol–water partition coefficient (Wildman–Crippen LogP) is 1.51. The average Bonchev–Trinajstić information content (AvgIpc) is 2.50. The summed E-state index contributed by atoms with van der Waals surface area (Å²) in [5.74, 6) is 2.61. The van der Waals surface area contributed by atoms with Gasteiger partial charge in [-0.25, -0.2) is 4.52 Å². The number of aromatic nitrogens is 2. The molecule has 58 valence electrons. The minimum atomic E-state index is 0.646. The standard InChI is InChI=1S/C10H8N2/c1-2-5-9-8-11-12-7-4-3-6-10(9)12/h1,3-4,6-8H,5H2. The second kappa shape index (κ2) is 2.71. The molecule has 2 heteroatoms. The van der Waals surface area contributed by atoms with E-state index in [1.807, 2.05) is 35.1 Å². The van der Waals surface area contributed by atoms with E-state index in [0.717, 1.165) is 11.1 Å². The van der Waals surface area contributed by atoms with Crippen molar-refractivity contribution in [3.8, 4) is 12.3 Å². The first kappa shape index (κ1) is 6.93. The molecule has 0 fully saturated rings. The Kier molecular flexibility index (Phi) is 1.56. The number of terminal acetylenes is 1. The zero-order valence-electron chi connectivity index (χ0n) is 6.57. The Labute approximate surface area is 70.8 Å². The van der Waals surface area contributed by atoms with Crippen molar-refractivity contribution in [3.63, 3.8) is 0 Å². The maximum atomic E-state index is 5.22. The van der Waals surface area contributed by atoms with Crippen LogP contribution >= 0.6 is 0 Å². The normalized spacial score (nSPS) is 9.92. The van der Waals surface area contributed by atoms with E-state index in [0.29, 0.717) is 6.42 Å². The molecule has 0 amide bonds. The van der Waals surface area contributed by atoms with Crippen LogP contribution in [0, 0.1) is 12.3 Å². The van der Waals surface area contributed by atoms with E-state index in [-0.39, 0.29) is 0 Å². The van der Waals surface area contributed by atoms with Gasteiger partial charge >= 0.3 is 0 Å². The van der Waals surface area contributed by atoms with Gasteiger partial charge in [-0.15, -0.1) is 12.3 Å². The van der Waals surface area contributed by atoms with Crippen LogP contribution in [0.1, 0.15) is 5.56 Å². The number of nitrogens with zero attached hydrogens (tertiary/aromatic N) is 2. The van der Waals surface area contributed by atoms with Crippen molar-refractivity contribution in [2.45, 2.75) is 6.42 Å². The quantitative estimate of drug-likeness (QED) is 0.572. The highest BCUT2D eigenvalue weighted by Gasteiger charge is 1.99. The van der Waals surface area contributed by atoms with Crippen LogP contribution < -0.4 is 0 Å². The molecule has 2 heterocycles. The average molecular weight is 156 g/mol. The molecule has 2 aromatic rings. The first-order chi connectivity index (χ1) is 5.92. The summed E-state index contributed by atoms with van der Waals surface area (Å²) in [6.45, 7) is 0. The Morgan fingerprint density at radius 1 is 1.50 bits per heavy atom. The smallest absolute Gasteiger partial charge is 0.0703 e. The minimum Gasteiger partial charge on any atom is -0.241 e.